The lowest BCUT2D eigenvalue weighted by molar-refractivity contribution is -0.137. The summed E-state index contributed by atoms with van der Waals surface area (Å²) < 4.78 is 10.9. The fraction of sp³-hybridized carbons (Fsp3) is 0.429. The van der Waals surface area contributed by atoms with Crippen molar-refractivity contribution < 1.29 is 19.1 Å². The molecular weight excluding hydrogens is 344 g/mol. The Bertz CT molecular complexity index is 704. The van der Waals surface area contributed by atoms with Gasteiger partial charge < -0.3 is 19.3 Å². The molecule has 1 saturated heterocycles. The maximum Gasteiger partial charge on any atom is 0.246 e. The number of piperidine rings is 1. The highest BCUT2D eigenvalue weighted by Gasteiger charge is 2.27. The molecular formula is C21H28N2O4. The molecule has 0 unspecified atom stereocenters. The van der Waals surface area contributed by atoms with Crippen molar-refractivity contribution in [1.82, 2.24) is 9.80 Å². The van der Waals surface area contributed by atoms with Gasteiger partial charge in [-0.1, -0.05) is 18.7 Å². The zero-order valence-electron chi connectivity index (χ0n) is 16.3. The average Bonchev–Trinajstić information content (AvgIpc) is 2.70. The number of carbonyl (C=O) groups is 2. The van der Waals surface area contributed by atoms with Crippen LogP contribution < -0.4 is 9.47 Å². The van der Waals surface area contributed by atoms with Crippen molar-refractivity contribution in [3.63, 3.8) is 0 Å². The summed E-state index contributed by atoms with van der Waals surface area (Å²) in [4.78, 5) is 27.9. The molecule has 1 aromatic rings. The molecule has 0 saturated carbocycles. The van der Waals surface area contributed by atoms with Gasteiger partial charge in [0.25, 0.3) is 0 Å². The van der Waals surface area contributed by atoms with Crippen LogP contribution in [0.3, 0.4) is 0 Å². The summed E-state index contributed by atoms with van der Waals surface area (Å²) in [6.45, 7) is 5.23. The Morgan fingerprint density at radius 1 is 1.26 bits per heavy atom. The summed E-state index contributed by atoms with van der Waals surface area (Å²) in [5, 5.41) is 0. The van der Waals surface area contributed by atoms with Crippen molar-refractivity contribution in [2.45, 2.75) is 12.8 Å². The molecule has 27 heavy (non-hydrogen) atoms. The van der Waals surface area contributed by atoms with Crippen LogP contribution in [-0.4, -0.2) is 62.5 Å². The van der Waals surface area contributed by atoms with E-state index in [0.717, 1.165) is 5.56 Å². The molecule has 0 spiro atoms. The fourth-order valence-electron chi connectivity index (χ4n) is 3.04. The first-order chi connectivity index (χ1) is 13.0. The smallest absolute Gasteiger partial charge is 0.246 e. The Balaban J connectivity index is 1.95. The van der Waals surface area contributed by atoms with E-state index in [2.05, 4.69) is 6.58 Å². The number of carbonyl (C=O) groups excluding carboxylic acids is 2. The molecule has 1 aliphatic heterocycles. The highest BCUT2D eigenvalue weighted by molar-refractivity contribution is 5.92. The summed E-state index contributed by atoms with van der Waals surface area (Å²) in [6.07, 6.45) is 6.41. The van der Waals surface area contributed by atoms with Gasteiger partial charge in [0.15, 0.2) is 11.5 Å². The number of benzene rings is 1. The van der Waals surface area contributed by atoms with Gasteiger partial charge in [-0.25, -0.2) is 0 Å². The van der Waals surface area contributed by atoms with Crippen molar-refractivity contribution in [3.05, 3.63) is 42.5 Å². The molecule has 2 rings (SSSR count). The highest BCUT2D eigenvalue weighted by Crippen LogP contribution is 2.28. The van der Waals surface area contributed by atoms with Crippen LogP contribution >= 0.6 is 0 Å². The number of methoxy groups -OCH3 is 1. The Hall–Kier alpha value is -2.76. The SMILES string of the molecule is C=CCOc1ccc(C=CC(=O)N2CCC(C(=O)N(C)C)CC2)cc1OC. The summed E-state index contributed by atoms with van der Waals surface area (Å²) in [7, 11) is 5.11. The number of ether oxygens (including phenoxy) is 2. The van der Waals surface area contributed by atoms with Crippen LogP contribution in [0.15, 0.2) is 36.9 Å². The van der Waals surface area contributed by atoms with Crippen LogP contribution in [-0.2, 0) is 9.59 Å². The van der Waals surface area contributed by atoms with E-state index in [0.29, 0.717) is 44.0 Å². The Morgan fingerprint density at radius 2 is 1.96 bits per heavy atom. The number of nitrogens with zero attached hydrogens (tertiary/aromatic N) is 2. The first-order valence-corrected chi connectivity index (χ1v) is 9.06. The van der Waals surface area contributed by atoms with Gasteiger partial charge >= 0.3 is 0 Å². The second kappa shape index (κ2) is 9.80. The van der Waals surface area contributed by atoms with Crippen LogP contribution in [0.25, 0.3) is 6.08 Å². The van der Waals surface area contributed by atoms with Crippen LogP contribution in [0.5, 0.6) is 11.5 Å². The number of likely N-dealkylation sites (tertiary alicyclic amines) is 1. The second-order valence-corrected chi connectivity index (χ2v) is 6.68. The van der Waals surface area contributed by atoms with Crippen molar-refractivity contribution in [1.29, 1.82) is 0 Å². The molecule has 1 heterocycles. The molecule has 0 bridgehead atoms. The first kappa shape index (κ1) is 20.6. The second-order valence-electron chi connectivity index (χ2n) is 6.68. The number of rotatable bonds is 7. The van der Waals surface area contributed by atoms with E-state index in [1.165, 1.54) is 0 Å². The molecule has 0 radical (unpaired) electrons. The van der Waals surface area contributed by atoms with Crippen molar-refractivity contribution in [2.75, 3.05) is 40.9 Å². The Labute approximate surface area is 161 Å². The zero-order chi connectivity index (χ0) is 19.8. The predicted octanol–water partition coefficient (Wildman–Crippen LogP) is 2.60. The molecule has 1 fully saturated rings. The zero-order valence-corrected chi connectivity index (χ0v) is 16.3. The molecule has 0 aliphatic carbocycles. The molecule has 0 atom stereocenters. The van der Waals surface area contributed by atoms with Crippen molar-refractivity contribution in [3.8, 4) is 11.5 Å². The summed E-state index contributed by atoms with van der Waals surface area (Å²) >= 11 is 0. The quantitative estimate of drug-likeness (QED) is 0.545. The Morgan fingerprint density at radius 3 is 2.56 bits per heavy atom. The topological polar surface area (TPSA) is 59.1 Å². The standard InChI is InChI=1S/C21H28N2O4/c1-5-14-27-18-8-6-16(15-19(18)26-4)7-9-20(24)23-12-10-17(11-13-23)21(25)22(2)3/h5-9,15,17H,1,10-14H2,2-4H3. The van der Waals surface area contributed by atoms with Crippen molar-refractivity contribution >= 4 is 17.9 Å². The van der Waals surface area contributed by atoms with Gasteiger partial charge in [-0.2, -0.15) is 0 Å². The molecule has 6 heteroatoms. The molecule has 6 nitrogen and oxygen atoms in total. The maximum absolute atomic E-state index is 12.4. The third-order valence-corrected chi connectivity index (χ3v) is 4.56. The van der Waals surface area contributed by atoms with E-state index in [1.54, 1.807) is 49.2 Å². The number of hydrogen-bond donors (Lipinski definition) is 0. The molecule has 146 valence electrons. The highest BCUT2D eigenvalue weighted by atomic mass is 16.5. The predicted molar refractivity (Wildman–Crippen MR) is 106 cm³/mol. The maximum atomic E-state index is 12.4. The first-order valence-electron chi connectivity index (χ1n) is 9.06. The normalized spacial score (nSPS) is 14.9. The monoisotopic (exact) mass is 372 g/mol. The molecule has 2 amide bonds. The summed E-state index contributed by atoms with van der Waals surface area (Å²) in [6, 6.07) is 5.50. The minimum Gasteiger partial charge on any atom is -0.493 e. The fourth-order valence-corrected chi connectivity index (χ4v) is 3.04. The Kier molecular flexibility index (Phi) is 7.46. The lowest BCUT2D eigenvalue weighted by Gasteiger charge is -2.31. The van der Waals surface area contributed by atoms with Gasteiger partial charge in [0.2, 0.25) is 11.8 Å². The largest absolute Gasteiger partial charge is 0.493 e. The lowest BCUT2D eigenvalue weighted by atomic mass is 9.95. The van der Waals surface area contributed by atoms with Crippen LogP contribution in [0.4, 0.5) is 0 Å². The van der Waals surface area contributed by atoms with E-state index in [-0.39, 0.29) is 17.7 Å². The third kappa shape index (κ3) is 5.61. The van der Waals surface area contributed by atoms with Crippen LogP contribution in [0.1, 0.15) is 18.4 Å². The summed E-state index contributed by atoms with van der Waals surface area (Å²) in [5.74, 6) is 1.35. The van der Waals surface area contributed by atoms with Gasteiger partial charge in [0.1, 0.15) is 6.61 Å². The van der Waals surface area contributed by atoms with E-state index in [9.17, 15) is 9.59 Å². The number of amides is 2. The molecule has 1 aromatic carbocycles. The van der Waals surface area contributed by atoms with Gasteiger partial charge in [-0.05, 0) is 36.6 Å². The molecule has 0 N–H and O–H groups in total. The van der Waals surface area contributed by atoms with Crippen LogP contribution in [0.2, 0.25) is 0 Å². The van der Waals surface area contributed by atoms with Gasteiger partial charge in [-0.3, -0.25) is 9.59 Å². The summed E-state index contributed by atoms with van der Waals surface area (Å²) in [5.41, 5.74) is 0.851. The molecule has 1 aliphatic rings. The lowest BCUT2D eigenvalue weighted by Crippen LogP contribution is -2.42. The number of hydrogen-bond acceptors (Lipinski definition) is 4. The minimum atomic E-state index is -0.0447. The van der Waals surface area contributed by atoms with Gasteiger partial charge in [0.05, 0.1) is 7.11 Å². The minimum absolute atomic E-state index is 0.0143. The van der Waals surface area contributed by atoms with E-state index in [1.807, 2.05) is 18.2 Å². The van der Waals surface area contributed by atoms with Gasteiger partial charge in [-0.15, -0.1) is 0 Å². The van der Waals surface area contributed by atoms with E-state index in [4.69, 9.17) is 9.47 Å². The average molecular weight is 372 g/mol. The van der Waals surface area contributed by atoms with E-state index < -0.39 is 0 Å². The third-order valence-electron chi connectivity index (χ3n) is 4.56. The van der Waals surface area contributed by atoms with E-state index >= 15 is 0 Å². The van der Waals surface area contributed by atoms with Gasteiger partial charge in [0, 0.05) is 39.2 Å². The molecule has 0 aromatic heterocycles. The van der Waals surface area contributed by atoms with Crippen molar-refractivity contribution in [2.24, 2.45) is 5.92 Å². The van der Waals surface area contributed by atoms with Crippen LogP contribution in [0, 0.1) is 5.92 Å².